The van der Waals surface area contributed by atoms with Gasteiger partial charge in [0, 0.05) is 15.3 Å². The van der Waals surface area contributed by atoms with Gasteiger partial charge >= 0.3 is 0 Å². The molecule has 2 rings (SSSR count). The van der Waals surface area contributed by atoms with Crippen LogP contribution in [0.1, 0.15) is 11.1 Å². The second-order valence-electron chi connectivity index (χ2n) is 3.55. The minimum atomic E-state index is 0.565. The van der Waals surface area contributed by atoms with Crippen LogP contribution in [0, 0.1) is 10.5 Å². The maximum Gasteiger partial charge on any atom is 0.216 e. The highest BCUT2D eigenvalue weighted by atomic mass is 127. The van der Waals surface area contributed by atoms with Gasteiger partial charge < -0.3 is 4.74 Å². The van der Waals surface area contributed by atoms with E-state index in [2.05, 4.69) is 33.6 Å². The number of rotatable bonds is 3. The molecule has 2 aromatic rings. The van der Waals surface area contributed by atoms with Gasteiger partial charge in [-0.1, -0.05) is 30.3 Å². The zero-order valence-electron chi connectivity index (χ0n) is 8.98. The van der Waals surface area contributed by atoms with Gasteiger partial charge in [0.05, 0.1) is 0 Å². The third kappa shape index (κ3) is 2.95. The number of halogens is 1. The Morgan fingerprint density at radius 3 is 2.69 bits per heavy atom. The van der Waals surface area contributed by atoms with Crippen LogP contribution >= 0.6 is 22.6 Å². The minimum Gasteiger partial charge on any atom is -0.473 e. The number of aromatic nitrogens is 1. The van der Waals surface area contributed by atoms with Crippen LogP contribution in [-0.2, 0) is 6.61 Å². The Morgan fingerprint density at radius 1 is 1.25 bits per heavy atom. The molecule has 0 unspecified atom stereocenters. The van der Waals surface area contributed by atoms with Crippen molar-refractivity contribution < 1.29 is 4.74 Å². The molecule has 0 fully saturated rings. The van der Waals surface area contributed by atoms with Crippen molar-refractivity contribution in [1.82, 2.24) is 4.98 Å². The van der Waals surface area contributed by atoms with Gasteiger partial charge in [-0.3, -0.25) is 0 Å². The van der Waals surface area contributed by atoms with Crippen LogP contribution in [0.4, 0.5) is 0 Å². The van der Waals surface area contributed by atoms with Gasteiger partial charge in [0.15, 0.2) is 0 Å². The molecular formula is C13H12INO. The summed E-state index contributed by atoms with van der Waals surface area (Å²) in [4.78, 5) is 4.26. The molecular weight excluding hydrogens is 313 g/mol. The van der Waals surface area contributed by atoms with Crippen LogP contribution in [0.3, 0.4) is 0 Å². The summed E-state index contributed by atoms with van der Waals surface area (Å²) < 4.78 is 6.79. The van der Waals surface area contributed by atoms with Crippen molar-refractivity contribution in [3.05, 3.63) is 57.3 Å². The zero-order valence-corrected chi connectivity index (χ0v) is 11.1. The van der Waals surface area contributed by atoms with Crippen molar-refractivity contribution >= 4 is 22.6 Å². The van der Waals surface area contributed by atoms with E-state index < -0.39 is 0 Å². The summed E-state index contributed by atoms with van der Waals surface area (Å²) in [6.45, 7) is 2.57. The lowest BCUT2D eigenvalue weighted by Gasteiger charge is -2.07. The first kappa shape index (κ1) is 11.4. The molecule has 0 N–H and O–H groups in total. The fourth-order valence-electron chi connectivity index (χ4n) is 1.40. The zero-order chi connectivity index (χ0) is 11.4. The van der Waals surface area contributed by atoms with Crippen molar-refractivity contribution in [2.24, 2.45) is 0 Å². The summed E-state index contributed by atoms with van der Waals surface area (Å²) in [6.07, 6.45) is 1.81. The normalized spacial score (nSPS) is 10.1. The standard InChI is InChI=1S/C13H12INO/c1-10-7-12(14)8-15-13(10)16-9-11-5-3-2-4-6-11/h2-8H,9H2,1H3. The Hall–Kier alpha value is -1.10. The number of pyridine rings is 1. The lowest BCUT2D eigenvalue weighted by atomic mass is 10.2. The van der Waals surface area contributed by atoms with Crippen LogP contribution < -0.4 is 4.74 Å². The predicted molar refractivity (Wildman–Crippen MR) is 72.5 cm³/mol. The van der Waals surface area contributed by atoms with Gasteiger partial charge in [-0.15, -0.1) is 0 Å². The van der Waals surface area contributed by atoms with E-state index in [9.17, 15) is 0 Å². The van der Waals surface area contributed by atoms with Crippen LogP contribution in [-0.4, -0.2) is 4.98 Å². The van der Waals surface area contributed by atoms with Crippen molar-refractivity contribution in [1.29, 1.82) is 0 Å². The third-order valence-corrected chi connectivity index (χ3v) is 2.81. The highest BCUT2D eigenvalue weighted by Crippen LogP contribution is 2.17. The van der Waals surface area contributed by atoms with Gasteiger partial charge in [-0.2, -0.15) is 0 Å². The molecule has 0 radical (unpaired) electrons. The molecule has 1 heterocycles. The van der Waals surface area contributed by atoms with E-state index in [0.29, 0.717) is 12.5 Å². The van der Waals surface area contributed by atoms with E-state index in [-0.39, 0.29) is 0 Å². The van der Waals surface area contributed by atoms with Gasteiger partial charge in [0.25, 0.3) is 0 Å². The van der Waals surface area contributed by atoms with E-state index in [1.807, 2.05) is 43.5 Å². The molecule has 0 spiro atoms. The summed E-state index contributed by atoms with van der Waals surface area (Å²) in [5.41, 5.74) is 2.23. The topological polar surface area (TPSA) is 22.1 Å². The second kappa shape index (κ2) is 5.30. The lowest BCUT2D eigenvalue weighted by Crippen LogP contribution is -1.99. The number of benzene rings is 1. The molecule has 16 heavy (non-hydrogen) atoms. The molecule has 0 aliphatic rings. The van der Waals surface area contributed by atoms with Crippen molar-refractivity contribution in [2.45, 2.75) is 13.5 Å². The van der Waals surface area contributed by atoms with Crippen LogP contribution in [0.25, 0.3) is 0 Å². The lowest BCUT2D eigenvalue weighted by molar-refractivity contribution is 0.291. The van der Waals surface area contributed by atoms with Crippen molar-refractivity contribution in [3.8, 4) is 5.88 Å². The molecule has 82 valence electrons. The molecule has 3 heteroatoms. The Labute approximate surface area is 109 Å². The summed E-state index contributed by atoms with van der Waals surface area (Å²) >= 11 is 2.24. The fourth-order valence-corrected chi connectivity index (χ4v) is 2.01. The first-order chi connectivity index (χ1) is 7.75. The monoisotopic (exact) mass is 325 g/mol. The van der Waals surface area contributed by atoms with Gasteiger partial charge in [-0.25, -0.2) is 4.98 Å². The summed E-state index contributed by atoms with van der Waals surface area (Å²) in [5, 5.41) is 0. The number of hydrogen-bond donors (Lipinski definition) is 0. The number of nitrogens with zero attached hydrogens (tertiary/aromatic N) is 1. The molecule has 1 aromatic carbocycles. The summed E-state index contributed by atoms with van der Waals surface area (Å²) in [5.74, 6) is 0.712. The average Bonchev–Trinajstić information content (AvgIpc) is 2.29. The molecule has 0 amide bonds. The Kier molecular flexibility index (Phi) is 3.77. The van der Waals surface area contributed by atoms with Crippen LogP contribution in [0.2, 0.25) is 0 Å². The third-order valence-electron chi connectivity index (χ3n) is 2.22. The molecule has 1 aromatic heterocycles. The van der Waals surface area contributed by atoms with E-state index in [1.165, 1.54) is 0 Å². The van der Waals surface area contributed by atoms with E-state index >= 15 is 0 Å². The number of ether oxygens (including phenoxy) is 1. The first-order valence-electron chi connectivity index (χ1n) is 5.04. The molecule has 0 aliphatic carbocycles. The molecule has 0 atom stereocenters. The largest absolute Gasteiger partial charge is 0.473 e. The highest BCUT2D eigenvalue weighted by Gasteiger charge is 2.01. The van der Waals surface area contributed by atoms with Crippen molar-refractivity contribution in [3.63, 3.8) is 0 Å². The summed E-state index contributed by atoms with van der Waals surface area (Å²) in [7, 11) is 0. The molecule has 0 saturated heterocycles. The Bertz CT molecular complexity index is 471. The van der Waals surface area contributed by atoms with Crippen LogP contribution in [0.5, 0.6) is 5.88 Å². The van der Waals surface area contributed by atoms with Gasteiger partial charge in [0.1, 0.15) is 6.61 Å². The quantitative estimate of drug-likeness (QED) is 0.805. The average molecular weight is 325 g/mol. The SMILES string of the molecule is Cc1cc(I)cnc1OCc1ccccc1. The predicted octanol–water partition coefficient (Wildman–Crippen LogP) is 3.57. The van der Waals surface area contributed by atoms with Gasteiger partial charge in [0.2, 0.25) is 5.88 Å². The number of hydrogen-bond acceptors (Lipinski definition) is 2. The minimum absolute atomic E-state index is 0.565. The second-order valence-corrected chi connectivity index (χ2v) is 4.80. The molecule has 0 saturated carbocycles. The van der Waals surface area contributed by atoms with E-state index in [0.717, 1.165) is 14.7 Å². The van der Waals surface area contributed by atoms with Crippen LogP contribution in [0.15, 0.2) is 42.6 Å². The fraction of sp³-hybridized carbons (Fsp3) is 0.154. The first-order valence-corrected chi connectivity index (χ1v) is 6.12. The Balaban J connectivity index is 2.05. The summed E-state index contributed by atoms with van der Waals surface area (Å²) in [6, 6.07) is 12.2. The number of aryl methyl sites for hydroxylation is 1. The maximum atomic E-state index is 5.66. The smallest absolute Gasteiger partial charge is 0.216 e. The van der Waals surface area contributed by atoms with E-state index in [1.54, 1.807) is 0 Å². The molecule has 0 bridgehead atoms. The van der Waals surface area contributed by atoms with Gasteiger partial charge in [-0.05, 0) is 41.1 Å². The highest BCUT2D eigenvalue weighted by molar-refractivity contribution is 14.1. The molecule has 2 nitrogen and oxygen atoms in total. The van der Waals surface area contributed by atoms with E-state index in [4.69, 9.17) is 4.74 Å². The Morgan fingerprint density at radius 2 is 2.00 bits per heavy atom. The maximum absolute atomic E-state index is 5.66. The molecule has 0 aliphatic heterocycles. The van der Waals surface area contributed by atoms with Crippen molar-refractivity contribution in [2.75, 3.05) is 0 Å².